The van der Waals surface area contributed by atoms with E-state index in [-0.39, 0.29) is 11.8 Å². The van der Waals surface area contributed by atoms with Crippen molar-refractivity contribution in [1.29, 1.82) is 0 Å². The van der Waals surface area contributed by atoms with Gasteiger partial charge < -0.3 is 10.6 Å². The van der Waals surface area contributed by atoms with Gasteiger partial charge in [-0.05, 0) is 25.7 Å². The highest BCUT2D eigenvalue weighted by Crippen LogP contribution is 2.16. The lowest BCUT2D eigenvalue weighted by Gasteiger charge is -2.07. The highest BCUT2D eigenvalue weighted by atomic mass is 16.2. The zero-order chi connectivity index (χ0) is 37.7. The molecule has 4 heteroatoms. The van der Waals surface area contributed by atoms with Crippen molar-refractivity contribution in [3.8, 4) is 0 Å². The number of hydrogen-bond acceptors (Lipinski definition) is 2. The van der Waals surface area contributed by atoms with E-state index >= 15 is 0 Å². The Balaban J connectivity index is 3.23. The topological polar surface area (TPSA) is 58.2 Å². The van der Waals surface area contributed by atoms with E-state index in [0.717, 1.165) is 38.8 Å². The Kier molecular flexibility index (Phi) is 45.2. The normalized spacial score (nSPS) is 11.3. The summed E-state index contributed by atoms with van der Waals surface area (Å²) in [6, 6.07) is 0. The number of carbonyl (C=O) groups is 2. The van der Waals surface area contributed by atoms with E-state index in [1.54, 1.807) is 0 Å². The molecule has 0 aliphatic carbocycles. The van der Waals surface area contributed by atoms with Crippen molar-refractivity contribution in [3.63, 3.8) is 0 Å². The van der Waals surface area contributed by atoms with Gasteiger partial charge in [0, 0.05) is 25.9 Å². The number of rotatable bonds is 45. The molecule has 0 spiro atoms. The lowest BCUT2D eigenvalue weighted by atomic mass is 10.0. The van der Waals surface area contributed by atoms with E-state index in [9.17, 15) is 9.59 Å². The molecule has 2 N–H and O–H groups in total. The molecule has 0 unspecified atom stereocenters. The van der Waals surface area contributed by atoms with Crippen LogP contribution in [0.3, 0.4) is 0 Å². The molecule has 0 fully saturated rings. The first kappa shape index (κ1) is 50.9. The molecule has 0 saturated carbocycles. The van der Waals surface area contributed by atoms with Crippen molar-refractivity contribution in [2.75, 3.05) is 13.1 Å². The van der Waals surface area contributed by atoms with E-state index in [4.69, 9.17) is 0 Å². The van der Waals surface area contributed by atoms with Crippen molar-refractivity contribution in [3.05, 3.63) is 0 Å². The number of nitrogens with one attached hydrogen (secondary N) is 2. The molecule has 0 aliphatic rings. The molecule has 0 radical (unpaired) electrons. The van der Waals surface area contributed by atoms with Crippen LogP contribution in [0.1, 0.15) is 284 Å². The van der Waals surface area contributed by atoms with Crippen LogP contribution < -0.4 is 10.6 Å². The largest absolute Gasteiger partial charge is 0.356 e. The standard InChI is InChI=1S/C48H96N2O2/c1-3-5-7-9-11-13-15-17-19-21-23-25-27-29-31-33-35-37-39-43-47(51)49-45-41-42-46-50-48(52)44-40-38-36-34-32-30-28-26-24-22-20-18-16-14-12-10-8-6-4-2/h3-46H2,1-2H3,(H,49,51)(H,50,52). The Bertz CT molecular complexity index is 638. The van der Waals surface area contributed by atoms with Crippen LogP contribution in [0.25, 0.3) is 0 Å². The van der Waals surface area contributed by atoms with Crippen LogP contribution in [-0.2, 0) is 9.59 Å². The van der Waals surface area contributed by atoms with E-state index < -0.39 is 0 Å². The van der Waals surface area contributed by atoms with Gasteiger partial charge in [0.2, 0.25) is 11.8 Å². The van der Waals surface area contributed by atoms with E-state index in [0.29, 0.717) is 12.8 Å². The summed E-state index contributed by atoms with van der Waals surface area (Å²) in [5.74, 6) is 0.390. The fourth-order valence-electron chi connectivity index (χ4n) is 7.61. The smallest absolute Gasteiger partial charge is 0.219 e. The fraction of sp³-hybridized carbons (Fsp3) is 0.958. The molecular weight excluding hydrogens is 637 g/mol. The van der Waals surface area contributed by atoms with Gasteiger partial charge in [0.25, 0.3) is 0 Å². The van der Waals surface area contributed by atoms with Gasteiger partial charge in [-0.2, -0.15) is 0 Å². The predicted octanol–water partition coefficient (Wildman–Crippen LogP) is 15.6. The molecule has 0 saturated heterocycles. The molecule has 4 nitrogen and oxygen atoms in total. The van der Waals surface area contributed by atoms with Gasteiger partial charge in [0.05, 0.1) is 0 Å². The molecule has 0 bridgehead atoms. The van der Waals surface area contributed by atoms with Crippen LogP contribution in [0.15, 0.2) is 0 Å². The fourth-order valence-corrected chi connectivity index (χ4v) is 7.61. The SMILES string of the molecule is CCCCCCCCCCCCCCCCCCCCCC(=O)NCCCCNC(=O)CCCCCCCCCCCCCCCCCCCCC. The summed E-state index contributed by atoms with van der Waals surface area (Å²) in [6.07, 6.45) is 55.5. The lowest BCUT2D eigenvalue weighted by molar-refractivity contribution is -0.122. The van der Waals surface area contributed by atoms with Crippen LogP contribution in [0.2, 0.25) is 0 Å². The maximum Gasteiger partial charge on any atom is 0.219 e. The van der Waals surface area contributed by atoms with Crippen molar-refractivity contribution in [2.24, 2.45) is 0 Å². The van der Waals surface area contributed by atoms with Gasteiger partial charge in [-0.15, -0.1) is 0 Å². The Morgan fingerprint density at radius 3 is 0.615 bits per heavy atom. The quantitative estimate of drug-likeness (QED) is 0.0613. The van der Waals surface area contributed by atoms with E-state index in [1.165, 1.54) is 231 Å². The van der Waals surface area contributed by atoms with Crippen molar-refractivity contribution >= 4 is 11.8 Å². The first-order valence-corrected chi connectivity index (χ1v) is 24.2. The van der Waals surface area contributed by atoms with Crippen LogP contribution in [0.4, 0.5) is 0 Å². The van der Waals surface area contributed by atoms with Gasteiger partial charge in [-0.25, -0.2) is 0 Å². The maximum atomic E-state index is 12.1. The molecule has 52 heavy (non-hydrogen) atoms. The Labute approximate surface area is 327 Å². The molecule has 0 aromatic heterocycles. The average Bonchev–Trinajstić information content (AvgIpc) is 3.14. The molecule has 2 amide bonds. The second kappa shape index (κ2) is 46.1. The first-order valence-electron chi connectivity index (χ1n) is 24.2. The summed E-state index contributed by atoms with van der Waals surface area (Å²) in [7, 11) is 0. The van der Waals surface area contributed by atoms with Gasteiger partial charge in [-0.1, -0.05) is 245 Å². The third-order valence-corrected chi connectivity index (χ3v) is 11.3. The summed E-state index contributed by atoms with van der Waals surface area (Å²) in [6.45, 7) is 6.05. The summed E-state index contributed by atoms with van der Waals surface area (Å²) in [4.78, 5) is 24.3. The zero-order valence-electron chi connectivity index (χ0n) is 35.9. The van der Waals surface area contributed by atoms with Gasteiger partial charge >= 0.3 is 0 Å². The zero-order valence-corrected chi connectivity index (χ0v) is 35.9. The monoisotopic (exact) mass is 733 g/mol. The third kappa shape index (κ3) is 45.1. The average molecular weight is 733 g/mol. The van der Waals surface area contributed by atoms with Gasteiger partial charge in [-0.3, -0.25) is 9.59 Å². The van der Waals surface area contributed by atoms with Crippen molar-refractivity contribution in [1.82, 2.24) is 10.6 Å². The highest BCUT2D eigenvalue weighted by molar-refractivity contribution is 5.76. The van der Waals surface area contributed by atoms with Gasteiger partial charge in [0.1, 0.15) is 0 Å². The second-order valence-corrected chi connectivity index (χ2v) is 16.6. The first-order chi connectivity index (χ1) is 25.7. The molecular formula is C48H96N2O2. The summed E-state index contributed by atoms with van der Waals surface area (Å²) in [5.41, 5.74) is 0. The van der Waals surface area contributed by atoms with Crippen molar-refractivity contribution in [2.45, 2.75) is 284 Å². The maximum absolute atomic E-state index is 12.1. The molecule has 0 aromatic carbocycles. The molecule has 0 aliphatic heterocycles. The number of hydrogen-bond donors (Lipinski definition) is 2. The summed E-state index contributed by atoms with van der Waals surface area (Å²) >= 11 is 0. The lowest BCUT2D eigenvalue weighted by Crippen LogP contribution is -2.27. The highest BCUT2D eigenvalue weighted by Gasteiger charge is 2.03. The van der Waals surface area contributed by atoms with Crippen LogP contribution in [-0.4, -0.2) is 24.9 Å². The molecule has 0 heterocycles. The van der Waals surface area contributed by atoms with Crippen molar-refractivity contribution < 1.29 is 9.59 Å². The molecule has 0 atom stereocenters. The summed E-state index contributed by atoms with van der Waals surface area (Å²) < 4.78 is 0. The minimum Gasteiger partial charge on any atom is -0.356 e. The predicted molar refractivity (Wildman–Crippen MR) is 231 cm³/mol. The van der Waals surface area contributed by atoms with Crippen LogP contribution in [0, 0.1) is 0 Å². The number of carbonyl (C=O) groups excluding carboxylic acids is 2. The van der Waals surface area contributed by atoms with E-state index in [1.807, 2.05) is 0 Å². The molecule has 0 aromatic rings. The number of amides is 2. The number of unbranched alkanes of at least 4 members (excludes halogenated alkanes) is 37. The van der Waals surface area contributed by atoms with E-state index in [2.05, 4.69) is 24.5 Å². The van der Waals surface area contributed by atoms with Crippen LogP contribution >= 0.6 is 0 Å². The minimum atomic E-state index is 0.195. The second-order valence-electron chi connectivity index (χ2n) is 16.6. The van der Waals surface area contributed by atoms with Gasteiger partial charge in [0.15, 0.2) is 0 Å². The third-order valence-electron chi connectivity index (χ3n) is 11.3. The summed E-state index contributed by atoms with van der Waals surface area (Å²) in [5, 5.41) is 6.13. The molecule has 310 valence electrons. The Morgan fingerprint density at radius 2 is 0.423 bits per heavy atom. The Morgan fingerprint density at radius 1 is 0.250 bits per heavy atom. The van der Waals surface area contributed by atoms with Crippen LogP contribution in [0.5, 0.6) is 0 Å². The molecule has 0 rings (SSSR count). The minimum absolute atomic E-state index is 0.195. The Hall–Kier alpha value is -1.06.